The molecule has 2 heterocycles. The first-order chi connectivity index (χ1) is 6.84. The fraction of sp³-hybridized carbons (Fsp3) is 0.455. The van der Waals surface area contributed by atoms with Crippen molar-refractivity contribution in [1.82, 2.24) is 5.32 Å². The Kier molecular flexibility index (Phi) is 1.75. The van der Waals surface area contributed by atoms with E-state index in [4.69, 9.17) is 10.5 Å². The minimum atomic E-state index is 0.162. The first-order valence-corrected chi connectivity index (χ1v) is 5.07. The van der Waals surface area contributed by atoms with E-state index in [1.165, 1.54) is 16.7 Å². The van der Waals surface area contributed by atoms with Crippen LogP contribution in [0.5, 0.6) is 5.75 Å². The zero-order chi connectivity index (χ0) is 9.54. The van der Waals surface area contributed by atoms with Crippen LogP contribution >= 0.6 is 0 Å². The molecule has 0 amide bonds. The molecule has 3 nitrogen and oxygen atoms in total. The molecule has 0 spiro atoms. The third-order valence-corrected chi connectivity index (χ3v) is 3.02. The zero-order valence-electron chi connectivity index (χ0n) is 8.05. The molecule has 14 heavy (non-hydrogen) atoms. The molecule has 0 fully saturated rings. The van der Waals surface area contributed by atoms with E-state index in [0.29, 0.717) is 6.61 Å². The highest BCUT2D eigenvalue weighted by atomic mass is 16.5. The Labute approximate surface area is 83.2 Å². The van der Waals surface area contributed by atoms with Gasteiger partial charge in [-0.05, 0) is 23.6 Å². The van der Waals surface area contributed by atoms with Gasteiger partial charge >= 0.3 is 0 Å². The molecule has 1 aromatic carbocycles. The molecule has 74 valence electrons. The van der Waals surface area contributed by atoms with Crippen molar-refractivity contribution in [1.29, 1.82) is 0 Å². The molecule has 3 N–H and O–H groups in total. The van der Waals surface area contributed by atoms with Crippen molar-refractivity contribution in [2.75, 3.05) is 6.61 Å². The number of rotatable bonds is 0. The summed E-state index contributed by atoms with van der Waals surface area (Å²) in [5, 5.41) is 3.36. The van der Waals surface area contributed by atoms with Crippen LogP contribution < -0.4 is 15.8 Å². The molecule has 1 aromatic rings. The van der Waals surface area contributed by atoms with Crippen LogP contribution in [0.4, 0.5) is 0 Å². The summed E-state index contributed by atoms with van der Waals surface area (Å²) < 4.78 is 5.61. The third-order valence-electron chi connectivity index (χ3n) is 3.02. The molecule has 2 aliphatic rings. The average Bonchev–Trinajstić information content (AvgIpc) is 2.65. The number of fused-ring (bicyclic) bond motifs is 3. The molecule has 3 rings (SSSR count). The molecule has 0 saturated carbocycles. The molecule has 3 heteroatoms. The number of benzene rings is 1. The predicted octanol–water partition coefficient (Wildman–Crippen LogP) is 0.552. The van der Waals surface area contributed by atoms with Crippen molar-refractivity contribution in [2.45, 2.75) is 25.6 Å². The standard InChI is InChI=1S/C11H14N2O/c12-8-3-9-10-5-13-4-7(10)1-2-11(9)14-6-8/h1-2,8,13H,3-6,12H2. The molecular formula is C11H14N2O. The van der Waals surface area contributed by atoms with Crippen LogP contribution in [0.15, 0.2) is 12.1 Å². The Morgan fingerprint density at radius 1 is 1.29 bits per heavy atom. The highest BCUT2D eigenvalue weighted by molar-refractivity contribution is 5.48. The molecule has 0 aromatic heterocycles. The highest BCUT2D eigenvalue weighted by Gasteiger charge is 2.23. The fourth-order valence-electron chi connectivity index (χ4n) is 2.30. The normalized spacial score (nSPS) is 23.9. The van der Waals surface area contributed by atoms with Crippen LogP contribution in [-0.4, -0.2) is 12.6 Å². The lowest BCUT2D eigenvalue weighted by atomic mass is 9.95. The number of hydrogen-bond acceptors (Lipinski definition) is 3. The van der Waals surface area contributed by atoms with Crippen LogP contribution in [0.1, 0.15) is 16.7 Å². The molecule has 0 bridgehead atoms. The topological polar surface area (TPSA) is 47.3 Å². The maximum atomic E-state index is 5.90. The van der Waals surface area contributed by atoms with Gasteiger partial charge in [-0.25, -0.2) is 0 Å². The Balaban J connectivity index is 2.12. The first kappa shape index (κ1) is 8.26. The number of nitrogens with two attached hydrogens (primary N) is 1. The Hall–Kier alpha value is -1.06. The summed E-state index contributed by atoms with van der Waals surface area (Å²) in [6.07, 6.45) is 0.959. The van der Waals surface area contributed by atoms with Gasteiger partial charge in [0.2, 0.25) is 0 Å². The van der Waals surface area contributed by atoms with Crippen molar-refractivity contribution in [3.05, 3.63) is 28.8 Å². The van der Waals surface area contributed by atoms with Gasteiger partial charge in [-0.3, -0.25) is 0 Å². The van der Waals surface area contributed by atoms with Crippen molar-refractivity contribution in [2.24, 2.45) is 5.73 Å². The van der Waals surface area contributed by atoms with Crippen molar-refractivity contribution in [3.63, 3.8) is 0 Å². The van der Waals surface area contributed by atoms with Crippen LogP contribution in [-0.2, 0) is 19.5 Å². The van der Waals surface area contributed by atoms with E-state index in [1.54, 1.807) is 0 Å². The summed E-state index contributed by atoms with van der Waals surface area (Å²) >= 11 is 0. The van der Waals surface area contributed by atoms with E-state index in [1.807, 2.05) is 0 Å². The maximum Gasteiger partial charge on any atom is 0.122 e. The second-order valence-electron chi connectivity index (χ2n) is 4.06. The minimum Gasteiger partial charge on any atom is -0.492 e. The lowest BCUT2D eigenvalue weighted by molar-refractivity contribution is 0.263. The number of hydrogen-bond donors (Lipinski definition) is 2. The lowest BCUT2D eigenvalue weighted by Crippen LogP contribution is -2.34. The maximum absolute atomic E-state index is 5.90. The van der Waals surface area contributed by atoms with Crippen molar-refractivity contribution < 1.29 is 4.74 Å². The summed E-state index contributed by atoms with van der Waals surface area (Å²) in [5.74, 6) is 1.04. The summed E-state index contributed by atoms with van der Waals surface area (Å²) in [4.78, 5) is 0. The average molecular weight is 190 g/mol. The van der Waals surface area contributed by atoms with Gasteiger partial charge in [-0.2, -0.15) is 0 Å². The number of ether oxygens (including phenoxy) is 1. The van der Waals surface area contributed by atoms with Crippen LogP contribution in [0.3, 0.4) is 0 Å². The molecule has 1 atom stereocenters. The van der Waals surface area contributed by atoms with Gasteiger partial charge in [0.05, 0.1) is 0 Å². The summed E-state index contributed by atoms with van der Waals surface area (Å²) in [6, 6.07) is 4.40. The zero-order valence-corrected chi connectivity index (χ0v) is 8.05. The second kappa shape index (κ2) is 2.97. The van der Waals surface area contributed by atoms with Crippen molar-refractivity contribution in [3.8, 4) is 5.75 Å². The van der Waals surface area contributed by atoms with E-state index in [-0.39, 0.29) is 6.04 Å². The molecule has 2 aliphatic heterocycles. The Morgan fingerprint density at radius 3 is 3.14 bits per heavy atom. The fourth-order valence-corrected chi connectivity index (χ4v) is 2.30. The lowest BCUT2D eigenvalue weighted by Gasteiger charge is -2.24. The third kappa shape index (κ3) is 1.13. The summed E-state index contributed by atoms with van der Waals surface area (Å²) in [7, 11) is 0. The van der Waals surface area contributed by atoms with E-state index >= 15 is 0 Å². The molecule has 0 radical (unpaired) electrons. The van der Waals surface area contributed by atoms with Gasteiger partial charge in [-0.15, -0.1) is 0 Å². The summed E-state index contributed by atoms with van der Waals surface area (Å²) in [5.41, 5.74) is 10.0. The van der Waals surface area contributed by atoms with E-state index in [0.717, 1.165) is 25.3 Å². The van der Waals surface area contributed by atoms with Crippen LogP contribution in [0, 0.1) is 0 Å². The molecule has 0 saturated heterocycles. The van der Waals surface area contributed by atoms with Crippen molar-refractivity contribution >= 4 is 0 Å². The SMILES string of the molecule is NC1COc2ccc3c(c2C1)CNC3. The molecule has 1 unspecified atom stereocenters. The quantitative estimate of drug-likeness (QED) is 0.628. The van der Waals surface area contributed by atoms with Gasteiger partial charge in [0, 0.05) is 24.7 Å². The van der Waals surface area contributed by atoms with Gasteiger partial charge < -0.3 is 15.8 Å². The largest absolute Gasteiger partial charge is 0.492 e. The van der Waals surface area contributed by atoms with Gasteiger partial charge in [0.1, 0.15) is 12.4 Å². The monoisotopic (exact) mass is 190 g/mol. The Morgan fingerprint density at radius 2 is 2.21 bits per heavy atom. The van der Waals surface area contributed by atoms with Crippen LogP contribution in [0.2, 0.25) is 0 Å². The Bertz CT molecular complexity index is 376. The molecule has 0 aliphatic carbocycles. The van der Waals surface area contributed by atoms with E-state index in [2.05, 4.69) is 17.4 Å². The van der Waals surface area contributed by atoms with Crippen LogP contribution in [0.25, 0.3) is 0 Å². The van der Waals surface area contributed by atoms with Gasteiger partial charge in [0.25, 0.3) is 0 Å². The second-order valence-corrected chi connectivity index (χ2v) is 4.06. The summed E-state index contributed by atoms with van der Waals surface area (Å²) in [6.45, 7) is 2.60. The highest BCUT2D eigenvalue weighted by Crippen LogP contribution is 2.31. The number of nitrogens with one attached hydrogen (secondary N) is 1. The minimum absolute atomic E-state index is 0.162. The smallest absolute Gasteiger partial charge is 0.122 e. The van der Waals surface area contributed by atoms with E-state index < -0.39 is 0 Å². The first-order valence-electron chi connectivity index (χ1n) is 5.07. The van der Waals surface area contributed by atoms with Gasteiger partial charge in [0.15, 0.2) is 0 Å². The molecular weight excluding hydrogens is 176 g/mol. The van der Waals surface area contributed by atoms with E-state index in [9.17, 15) is 0 Å². The van der Waals surface area contributed by atoms with Gasteiger partial charge in [-0.1, -0.05) is 6.07 Å². The predicted molar refractivity (Wildman–Crippen MR) is 54.2 cm³/mol.